The number of carbonyl (C=O) groups excluding carboxylic acids is 1. The Labute approximate surface area is 89.2 Å². The van der Waals surface area contributed by atoms with Crippen molar-refractivity contribution in [2.75, 3.05) is 5.73 Å². The highest BCUT2D eigenvalue weighted by molar-refractivity contribution is 6.31. The third-order valence-electron chi connectivity index (χ3n) is 2.03. The molecule has 1 heterocycles. The van der Waals surface area contributed by atoms with E-state index in [0.717, 1.165) is 0 Å². The molecule has 0 spiro atoms. The Kier molecular flexibility index (Phi) is 2.21. The summed E-state index contributed by atoms with van der Waals surface area (Å²) in [4.78, 5) is 22.3. The molecule has 0 saturated heterocycles. The van der Waals surface area contributed by atoms with Crippen LogP contribution in [0.25, 0.3) is 11.0 Å². The zero-order valence-corrected chi connectivity index (χ0v) is 8.25. The Balaban J connectivity index is 2.99. The number of halogens is 1. The zero-order chi connectivity index (χ0) is 11.0. The van der Waals surface area contributed by atoms with Crippen LogP contribution in [0.3, 0.4) is 0 Å². The fourth-order valence-corrected chi connectivity index (χ4v) is 1.48. The van der Waals surface area contributed by atoms with Gasteiger partial charge in [0.2, 0.25) is 11.3 Å². The van der Waals surface area contributed by atoms with E-state index >= 15 is 0 Å². The summed E-state index contributed by atoms with van der Waals surface area (Å²) in [7, 11) is 0. The smallest absolute Gasteiger partial charge is 0.205 e. The van der Waals surface area contributed by atoms with E-state index in [2.05, 4.69) is 0 Å². The van der Waals surface area contributed by atoms with E-state index in [-0.39, 0.29) is 16.8 Å². The first kappa shape index (κ1) is 9.73. The van der Waals surface area contributed by atoms with Gasteiger partial charge in [-0.3, -0.25) is 9.59 Å². The van der Waals surface area contributed by atoms with E-state index in [0.29, 0.717) is 16.9 Å². The van der Waals surface area contributed by atoms with Gasteiger partial charge in [-0.1, -0.05) is 11.6 Å². The third kappa shape index (κ3) is 1.49. The lowest BCUT2D eigenvalue weighted by Crippen LogP contribution is -2.11. The van der Waals surface area contributed by atoms with Gasteiger partial charge in [-0.15, -0.1) is 0 Å². The summed E-state index contributed by atoms with van der Waals surface area (Å²) >= 11 is 5.73. The van der Waals surface area contributed by atoms with Crippen LogP contribution in [-0.2, 0) is 0 Å². The predicted octanol–water partition coefficient (Wildman–Crippen LogP) is 1.84. The minimum atomic E-state index is -0.466. The monoisotopic (exact) mass is 223 g/mol. The summed E-state index contributed by atoms with van der Waals surface area (Å²) in [5.74, 6) is -0.176. The van der Waals surface area contributed by atoms with Crippen LogP contribution in [0.2, 0.25) is 5.02 Å². The zero-order valence-electron chi connectivity index (χ0n) is 7.49. The first-order chi connectivity index (χ1) is 7.13. The van der Waals surface area contributed by atoms with Crippen molar-refractivity contribution in [1.82, 2.24) is 0 Å². The molecule has 2 rings (SSSR count). The molecule has 1 aromatic heterocycles. The molecule has 0 aliphatic rings. The molecule has 5 heteroatoms. The third-order valence-corrected chi connectivity index (χ3v) is 2.27. The fraction of sp³-hybridized carbons (Fsp3) is 0. The topological polar surface area (TPSA) is 73.3 Å². The van der Waals surface area contributed by atoms with Crippen LogP contribution < -0.4 is 11.2 Å². The fourth-order valence-electron chi connectivity index (χ4n) is 1.31. The van der Waals surface area contributed by atoms with Gasteiger partial charge < -0.3 is 10.2 Å². The highest BCUT2D eigenvalue weighted by Gasteiger charge is 2.11. The largest absolute Gasteiger partial charge is 0.440 e. The lowest BCUT2D eigenvalue weighted by molar-refractivity contribution is 0.112. The predicted molar refractivity (Wildman–Crippen MR) is 57.3 cm³/mol. The first-order valence-corrected chi connectivity index (χ1v) is 4.48. The van der Waals surface area contributed by atoms with Crippen molar-refractivity contribution in [1.29, 1.82) is 0 Å². The molecular formula is C10H6ClNO3. The van der Waals surface area contributed by atoms with Crippen molar-refractivity contribution in [2.24, 2.45) is 0 Å². The molecule has 15 heavy (non-hydrogen) atoms. The molecule has 0 aliphatic heterocycles. The number of nitrogens with two attached hydrogens (primary N) is 1. The SMILES string of the molecule is Nc1oc2ccc(Cl)cc2c(=O)c1C=O. The van der Waals surface area contributed by atoms with Crippen LogP contribution in [-0.4, -0.2) is 6.29 Å². The minimum absolute atomic E-state index is 0.176. The van der Waals surface area contributed by atoms with E-state index in [4.69, 9.17) is 21.8 Å². The van der Waals surface area contributed by atoms with Gasteiger partial charge in [0.1, 0.15) is 11.1 Å². The van der Waals surface area contributed by atoms with Gasteiger partial charge in [0.05, 0.1) is 5.39 Å². The molecule has 4 nitrogen and oxygen atoms in total. The van der Waals surface area contributed by atoms with Gasteiger partial charge in [-0.25, -0.2) is 0 Å². The highest BCUT2D eigenvalue weighted by Crippen LogP contribution is 2.19. The van der Waals surface area contributed by atoms with Gasteiger partial charge in [0, 0.05) is 5.02 Å². The summed E-state index contributed by atoms with van der Waals surface area (Å²) in [5.41, 5.74) is 5.08. The summed E-state index contributed by atoms with van der Waals surface area (Å²) in [6.07, 6.45) is 0.376. The maximum Gasteiger partial charge on any atom is 0.205 e. The average molecular weight is 224 g/mol. The molecule has 0 amide bonds. The molecule has 2 N–H and O–H groups in total. The van der Waals surface area contributed by atoms with Crippen molar-refractivity contribution < 1.29 is 9.21 Å². The summed E-state index contributed by atoms with van der Waals surface area (Å²) in [6, 6.07) is 4.55. The summed E-state index contributed by atoms with van der Waals surface area (Å²) in [6.45, 7) is 0. The molecule has 0 unspecified atom stereocenters. The molecular weight excluding hydrogens is 218 g/mol. The van der Waals surface area contributed by atoms with Gasteiger partial charge >= 0.3 is 0 Å². The van der Waals surface area contributed by atoms with Gasteiger partial charge in [-0.2, -0.15) is 0 Å². The van der Waals surface area contributed by atoms with E-state index in [1.807, 2.05) is 0 Å². The molecule has 0 saturated carbocycles. The van der Waals surface area contributed by atoms with Crippen LogP contribution in [0, 0.1) is 0 Å². The van der Waals surface area contributed by atoms with Crippen molar-refractivity contribution in [3.63, 3.8) is 0 Å². The van der Waals surface area contributed by atoms with Crippen LogP contribution in [0.1, 0.15) is 10.4 Å². The Morgan fingerprint density at radius 1 is 1.40 bits per heavy atom. The molecule has 76 valence electrons. The van der Waals surface area contributed by atoms with E-state index in [1.165, 1.54) is 12.1 Å². The minimum Gasteiger partial charge on any atom is -0.440 e. The Hall–Kier alpha value is -1.81. The standard InChI is InChI=1S/C10H6ClNO3/c11-5-1-2-8-6(3-5)9(14)7(4-13)10(12)15-8/h1-4H,12H2. The van der Waals surface area contributed by atoms with Gasteiger partial charge in [-0.05, 0) is 18.2 Å². The van der Waals surface area contributed by atoms with Crippen LogP contribution in [0.15, 0.2) is 27.4 Å². The van der Waals surface area contributed by atoms with Crippen molar-refractivity contribution >= 4 is 34.7 Å². The quantitative estimate of drug-likeness (QED) is 0.749. The number of hydrogen-bond donors (Lipinski definition) is 1. The van der Waals surface area contributed by atoms with Crippen LogP contribution >= 0.6 is 11.6 Å². The average Bonchev–Trinajstić information content (AvgIpc) is 2.20. The summed E-state index contributed by atoms with van der Waals surface area (Å²) < 4.78 is 5.11. The second-order valence-corrected chi connectivity index (χ2v) is 3.40. The number of hydrogen-bond acceptors (Lipinski definition) is 4. The van der Waals surface area contributed by atoms with E-state index < -0.39 is 5.43 Å². The number of carbonyl (C=O) groups is 1. The van der Waals surface area contributed by atoms with Gasteiger partial charge in [0.25, 0.3) is 0 Å². The van der Waals surface area contributed by atoms with E-state index in [9.17, 15) is 9.59 Å². The number of fused-ring (bicyclic) bond motifs is 1. The second-order valence-electron chi connectivity index (χ2n) is 2.97. The van der Waals surface area contributed by atoms with Gasteiger partial charge in [0.15, 0.2) is 6.29 Å². The maximum atomic E-state index is 11.7. The normalized spacial score (nSPS) is 10.5. The molecule has 0 fully saturated rings. The number of nitrogen functional groups attached to an aromatic ring is 1. The maximum absolute atomic E-state index is 11.7. The Morgan fingerprint density at radius 3 is 2.80 bits per heavy atom. The van der Waals surface area contributed by atoms with Crippen molar-refractivity contribution in [3.8, 4) is 0 Å². The Bertz CT molecular complexity index is 603. The number of rotatable bonds is 1. The second kappa shape index (κ2) is 3.40. The Morgan fingerprint density at radius 2 is 2.13 bits per heavy atom. The molecule has 0 bridgehead atoms. The molecule has 0 atom stereocenters. The number of aldehydes is 1. The number of benzene rings is 1. The van der Waals surface area contributed by atoms with Crippen LogP contribution in [0.4, 0.5) is 5.88 Å². The molecule has 2 aromatic rings. The van der Waals surface area contributed by atoms with Crippen LogP contribution in [0.5, 0.6) is 0 Å². The van der Waals surface area contributed by atoms with Crippen molar-refractivity contribution in [2.45, 2.75) is 0 Å². The van der Waals surface area contributed by atoms with Crippen molar-refractivity contribution in [3.05, 3.63) is 39.0 Å². The molecule has 0 radical (unpaired) electrons. The molecule has 1 aromatic carbocycles. The lowest BCUT2D eigenvalue weighted by atomic mass is 10.2. The molecule has 0 aliphatic carbocycles. The first-order valence-electron chi connectivity index (χ1n) is 4.10. The van der Waals surface area contributed by atoms with E-state index in [1.54, 1.807) is 6.07 Å². The summed E-state index contributed by atoms with van der Waals surface area (Å²) in [5, 5.41) is 0.648. The number of anilines is 1. The highest BCUT2D eigenvalue weighted by atomic mass is 35.5. The lowest BCUT2D eigenvalue weighted by Gasteiger charge is -2.01.